The molecule has 1 nitrogen and oxygen atoms in total. The highest BCUT2D eigenvalue weighted by molar-refractivity contribution is 7.19. The zero-order chi connectivity index (χ0) is 15.0. The molecule has 0 bridgehead atoms. The maximum atomic E-state index is 13.4. The van der Waals surface area contributed by atoms with E-state index in [1.807, 2.05) is 6.07 Å². The Labute approximate surface area is 130 Å². The van der Waals surface area contributed by atoms with Crippen LogP contribution in [0.2, 0.25) is 5.02 Å². The van der Waals surface area contributed by atoms with E-state index in [0.717, 1.165) is 15.0 Å². The van der Waals surface area contributed by atoms with E-state index in [9.17, 15) is 8.78 Å². The quantitative estimate of drug-likeness (QED) is 0.715. The molecule has 0 fully saturated rings. The van der Waals surface area contributed by atoms with Crippen molar-refractivity contribution in [3.63, 3.8) is 0 Å². The molecule has 0 saturated heterocycles. The molecular formula is C16H12ClF2NS. The van der Waals surface area contributed by atoms with E-state index < -0.39 is 5.82 Å². The molecule has 1 heterocycles. The second kappa shape index (κ2) is 5.72. The standard InChI is InChI=1S/C16H12ClF2NS/c17-16-10(2-1-3-12(16)19)6-13(20)15-7-9-4-5-11(18)8-14(9)21-15/h1-5,7-8,13H,6,20H2. The van der Waals surface area contributed by atoms with Crippen LogP contribution in [0.3, 0.4) is 0 Å². The molecule has 1 unspecified atom stereocenters. The van der Waals surface area contributed by atoms with Gasteiger partial charge in [0.15, 0.2) is 0 Å². The van der Waals surface area contributed by atoms with Crippen LogP contribution in [-0.2, 0) is 6.42 Å². The summed E-state index contributed by atoms with van der Waals surface area (Å²) in [7, 11) is 0. The van der Waals surface area contributed by atoms with E-state index in [1.165, 1.54) is 29.5 Å². The molecule has 0 spiro atoms. The average Bonchev–Trinajstić information content (AvgIpc) is 2.87. The first-order chi connectivity index (χ1) is 10.0. The van der Waals surface area contributed by atoms with Crippen LogP contribution in [0.25, 0.3) is 10.1 Å². The zero-order valence-electron chi connectivity index (χ0n) is 10.9. The van der Waals surface area contributed by atoms with E-state index in [1.54, 1.807) is 18.2 Å². The molecule has 0 saturated carbocycles. The second-order valence-corrected chi connectivity index (χ2v) is 6.35. The first kappa shape index (κ1) is 14.4. The molecule has 1 atom stereocenters. The van der Waals surface area contributed by atoms with Gasteiger partial charge in [0.25, 0.3) is 0 Å². The minimum Gasteiger partial charge on any atom is -0.323 e. The van der Waals surface area contributed by atoms with E-state index in [2.05, 4.69) is 0 Å². The van der Waals surface area contributed by atoms with Crippen LogP contribution in [0.1, 0.15) is 16.5 Å². The molecule has 108 valence electrons. The SMILES string of the molecule is NC(Cc1cccc(F)c1Cl)c1cc2ccc(F)cc2s1. The fraction of sp³-hybridized carbons (Fsp3) is 0.125. The van der Waals surface area contributed by atoms with E-state index >= 15 is 0 Å². The highest BCUT2D eigenvalue weighted by Crippen LogP contribution is 2.32. The Morgan fingerprint density at radius 1 is 1.14 bits per heavy atom. The lowest BCUT2D eigenvalue weighted by atomic mass is 10.0. The van der Waals surface area contributed by atoms with Gasteiger partial charge in [-0.3, -0.25) is 0 Å². The smallest absolute Gasteiger partial charge is 0.142 e. The lowest BCUT2D eigenvalue weighted by Crippen LogP contribution is -2.12. The summed E-state index contributed by atoms with van der Waals surface area (Å²) in [5.41, 5.74) is 6.86. The maximum Gasteiger partial charge on any atom is 0.142 e. The van der Waals surface area contributed by atoms with Crippen molar-refractivity contribution in [2.45, 2.75) is 12.5 Å². The average molecular weight is 324 g/mol. The van der Waals surface area contributed by atoms with Gasteiger partial charge in [-0.25, -0.2) is 8.78 Å². The summed E-state index contributed by atoms with van der Waals surface area (Å²) in [6.07, 6.45) is 0.436. The third kappa shape index (κ3) is 2.93. The van der Waals surface area contributed by atoms with E-state index in [0.29, 0.717) is 12.0 Å². The van der Waals surface area contributed by atoms with Crippen LogP contribution in [0.15, 0.2) is 42.5 Å². The first-order valence-electron chi connectivity index (χ1n) is 6.42. The van der Waals surface area contributed by atoms with Gasteiger partial charge in [-0.1, -0.05) is 29.8 Å². The van der Waals surface area contributed by atoms with Crippen LogP contribution >= 0.6 is 22.9 Å². The molecule has 1 aromatic heterocycles. The van der Waals surface area contributed by atoms with Crippen LogP contribution in [0, 0.1) is 11.6 Å². The molecule has 0 aliphatic heterocycles. The monoisotopic (exact) mass is 323 g/mol. The van der Waals surface area contributed by atoms with Crippen molar-refractivity contribution in [3.8, 4) is 0 Å². The number of fused-ring (bicyclic) bond motifs is 1. The van der Waals surface area contributed by atoms with Crippen molar-refractivity contribution in [3.05, 3.63) is 69.6 Å². The van der Waals surface area contributed by atoms with Crippen LogP contribution < -0.4 is 5.73 Å². The van der Waals surface area contributed by atoms with Gasteiger partial charge in [-0.15, -0.1) is 11.3 Å². The predicted molar refractivity (Wildman–Crippen MR) is 83.8 cm³/mol. The Bertz CT molecular complexity index is 800. The predicted octanol–water partition coefficient (Wildman–Crippen LogP) is 5.08. The lowest BCUT2D eigenvalue weighted by Gasteiger charge is -2.11. The number of benzene rings is 2. The van der Waals surface area contributed by atoms with Crippen molar-refractivity contribution in [2.75, 3.05) is 0 Å². The normalized spacial score (nSPS) is 12.8. The Balaban J connectivity index is 1.89. The van der Waals surface area contributed by atoms with E-state index in [4.69, 9.17) is 17.3 Å². The van der Waals surface area contributed by atoms with Crippen molar-refractivity contribution >= 4 is 33.0 Å². The summed E-state index contributed by atoms with van der Waals surface area (Å²) in [6, 6.07) is 11.0. The van der Waals surface area contributed by atoms with Gasteiger partial charge in [-0.2, -0.15) is 0 Å². The third-order valence-electron chi connectivity index (χ3n) is 3.34. The van der Waals surface area contributed by atoms with Gasteiger partial charge in [0.1, 0.15) is 11.6 Å². The highest BCUT2D eigenvalue weighted by Gasteiger charge is 2.14. The van der Waals surface area contributed by atoms with Gasteiger partial charge >= 0.3 is 0 Å². The lowest BCUT2D eigenvalue weighted by molar-refractivity contribution is 0.623. The van der Waals surface area contributed by atoms with Crippen LogP contribution in [-0.4, -0.2) is 0 Å². The minimum atomic E-state index is -0.445. The highest BCUT2D eigenvalue weighted by atomic mass is 35.5. The number of halogens is 3. The molecule has 5 heteroatoms. The molecule has 0 aliphatic rings. The Morgan fingerprint density at radius 3 is 2.76 bits per heavy atom. The molecule has 3 aromatic rings. The summed E-state index contributed by atoms with van der Waals surface area (Å²) in [6.45, 7) is 0. The van der Waals surface area contributed by atoms with Crippen LogP contribution in [0.5, 0.6) is 0 Å². The van der Waals surface area contributed by atoms with Gasteiger partial charge < -0.3 is 5.73 Å². The van der Waals surface area contributed by atoms with Crippen molar-refractivity contribution < 1.29 is 8.78 Å². The second-order valence-electron chi connectivity index (χ2n) is 4.85. The summed E-state index contributed by atoms with van der Waals surface area (Å²) < 4.78 is 27.5. The maximum absolute atomic E-state index is 13.4. The van der Waals surface area contributed by atoms with E-state index in [-0.39, 0.29) is 16.9 Å². The summed E-state index contributed by atoms with van der Waals surface area (Å²) >= 11 is 7.39. The van der Waals surface area contributed by atoms with Gasteiger partial charge in [0.05, 0.1) is 5.02 Å². The number of nitrogens with two attached hydrogens (primary N) is 1. The molecule has 21 heavy (non-hydrogen) atoms. The molecule has 0 aliphatic carbocycles. The molecule has 0 amide bonds. The molecular weight excluding hydrogens is 312 g/mol. The number of hydrogen-bond donors (Lipinski definition) is 1. The van der Waals surface area contributed by atoms with Gasteiger partial charge in [0, 0.05) is 15.6 Å². The number of thiophene rings is 1. The Morgan fingerprint density at radius 2 is 1.95 bits per heavy atom. The number of rotatable bonds is 3. The van der Waals surface area contributed by atoms with Gasteiger partial charge in [-0.05, 0) is 41.6 Å². The first-order valence-corrected chi connectivity index (χ1v) is 7.61. The summed E-state index contributed by atoms with van der Waals surface area (Å²) in [4.78, 5) is 0.927. The molecule has 0 radical (unpaired) electrons. The Kier molecular flexibility index (Phi) is 3.93. The minimum absolute atomic E-state index is 0.111. The molecule has 3 rings (SSSR count). The summed E-state index contributed by atoms with van der Waals surface area (Å²) in [5, 5.41) is 1.07. The zero-order valence-corrected chi connectivity index (χ0v) is 12.5. The fourth-order valence-electron chi connectivity index (χ4n) is 2.25. The number of hydrogen-bond acceptors (Lipinski definition) is 2. The third-order valence-corrected chi connectivity index (χ3v) is 4.99. The molecule has 2 N–H and O–H groups in total. The van der Waals surface area contributed by atoms with Crippen molar-refractivity contribution in [1.82, 2.24) is 0 Å². The van der Waals surface area contributed by atoms with Crippen molar-refractivity contribution in [2.24, 2.45) is 5.73 Å². The van der Waals surface area contributed by atoms with Gasteiger partial charge in [0.2, 0.25) is 0 Å². The topological polar surface area (TPSA) is 26.0 Å². The largest absolute Gasteiger partial charge is 0.323 e. The fourth-order valence-corrected chi connectivity index (χ4v) is 3.55. The summed E-state index contributed by atoms with van der Waals surface area (Å²) in [5.74, 6) is -0.711. The van der Waals surface area contributed by atoms with Crippen molar-refractivity contribution in [1.29, 1.82) is 0 Å². The molecule has 2 aromatic carbocycles. The van der Waals surface area contributed by atoms with Crippen LogP contribution in [0.4, 0.5) is 8.78 Å². The Hall–Kier alpha value is -1.49.